The van der Waals surface area contributed by atoms with E-state index in [1.54, 1.807) is 0 Å². The van der Waals surface area contributed by atoms with Crippen LogP contribution in [0.2, 0.25) is 0 Å². The molecule has 1 N–H and O–H groups in total. The number of furan rings is 1. The molecule has 0 aliphatic rings. The van der Waals surface area contributed by atoms with Crippen LogP contribution in [-0.2, 0) is 0 Å². The number of phenols is 1. The van der Waals surface area contributed by atoms with Gasteiger partial charge in [-0.15, -0.1) is 10.9 Å². The first-order valence-electron chi connectivity index (χ1n) is 14.3. The summed E-state index contributed by atoms with van der Waals surface area (Å²) in [4.78, 5) is 0. The van der Waals surface area contributed by atoms with Crippen LogP contribution in [0.3, 0.4) is 0 Å². The zero-order valence-electron chi connectivity index (χ0n) is 23.6. The van der Waals surface area contributed by atoms with Crippen molar-refractivity contribution in [2.45, 2.75) is 0 Å². The Balaban J connectivity index is 1.48. The fourth-order valence-corrected chi connectivity index (χ4v) is 6.62. The van der Waals surface area contributed by atoms with Crippen molar-refractivity contribution in [3.05, 3.63) is 115 Å². The molecule has 8 radical (unpaired) electrons. The van der Waals surface area contributed by atoms with Gasteiger partial charge in [-0.1, -0.05) is 108 Å². The third-order valence-corrected chi connectivity index (χ3v) is 8.68. The van der Waals surface area contributed by atoms with Gasteiger partial charge in [0, 0.05) is 21.9 Å². The molecule has 196 valence electrons. The lowest BCUT2D eigenvalue weighted by atomic mass is 9.63. The Bertz CT molecular complexity index is 2360. The number of rotatable bonds is 3. The third-order valence-electron chi connectivity index (χ3n) is 8.68. The highest BCUT2D eigenvalue weighted by molar-refractivity contribution is 6.64. The average Bonchev–Trinajstić information content (AvgIpc) is 3.45. The molecule has 1 aromatic heterocycles. The average molecular weight is 552 g/mol. The standard InChI is InChI=1S/C38H20B4O2/c39-34-33(38(43)37(42)36(41)35(34)40)32-25-13-6-4-11-23(25)30(24-12-5-7-14-26(24)32)21-17-18-28-27(19-21)31-22(15-8-16-29(31)44-28)20-9-2-1-3-10-20/h1-19,43H. The molecule has 0 amide bonds. The second-order valence-corrected chi connectivity index (χ2v) is 11.1. The van der Waals surface area contributed by atoms with Crippen molar-refractivity contribution in [1.29, 1.82) is 0 Å². The summed E-state index contributed by atoms with van der Waals surface area (Å²) in [5.74, 6) is -0.183. The van der Waals surface area contributed by atoms with Crippen molar-refractivity contribution in [2.24, 2.45) is 0 Å². The second kappa shape index (κ2) is 9.99. The molecule has 0 fully saturated rings. The Morgan fingerprint density at radius 1 is 0.432 bits per heavy atom. The van der Waals surface area contributed by atoms with Crippen LogP contribution in [0.25, 0.3) is 76.9 Å². The molecule has 0 bridgehead atoms. The second-order valence-electron chi connectivity index (χ2n) is 11.1. The van der Waals surface area contributed by atoms with Crippen molar-refractivity contribution < 1.29 is 9.52 Å². The highest BCUT2D eigenvalue weighted by atomic mass is 16.3. The molecule has 0 atom stereocenters. The predicted octanol–water partition coefficient (Wildman–Crippen LogP) is 5.77. The lowest BCUT2D eigenvalue weighted by molar-refractivity contribution is 0.482. The van der Waals surface area contributed by atoms with Crippen molar-refractivity contribution >= 4 is 96.7 Å². The molecule has 1 heterocycles. The number of aromatic hydroxyl groups is 1. The molecule has 0 saturated carbocycles. The smallest absolute Gasteiger partial charge is 0.136 e. The zero-order valence-corrected chi connectivity index (χ0v) is 23.6. The highest BCUT2D eigenvalue weighted by Gasteiger charge is 2.22. The first kappa shape index (κ1) is 26.5. The number of benzene rings is 7. The van der Waals surface area contributed by atoms with Crippen LogP contribution in [0.5, 0.6) is 5.75 Å². The van der Waals surface area contributed by atoms with Crippen LogP contribution in [0.15, 0.2) is 120 Å². The topological polar surface area (TPSA) is 33.4 Å². The van der Waals surface area contributed by atoms with Gasteiger partial charge in [0.15, 0.2) is 0 Å². The largest absolute Gasteiger partial charge is 0.508 e. The number of phenolic OH excluding ortho intramolecular Hbond substituents is 1. The lowest BCUT2D eigenvalue weighted by Gasteiger charge is -2.23. The minimum atomic E-state index is -0.183. The quantitative estimate of drug-likeness (QED) is 0.223. The fourth-order valence-electron chi connectivity index (χ4n) is 6.62. The van der Waals surface area contributed by atoms with Crippen LogP contribution < -0.4 is 21.9 Å². The SMILES string of the molecule is [B]c1c([B])c([B])c(-c2c3ccccc3c(-c3ccc4oc5cccc(-c6ccccc6)c5c4c3)c3ccccc23)c(O)c1[B]. The van der Waals surface area contributed by atoms with E-state index in [9.17, 15) is 5.11 Å². The van der Waals surface area contributed by atoms with Crippen molar-refractivity contribution in [1.82, 2.24) is 0 Å². The van der Waals surface area contributed by atoms with E-state index in [0.29, 0.717) is 5.56 Å². The molecule has 2 nitrogen and oxygen atoms in total. The van der Waals surface area contributed by atoms with E-state index in [4.69, 9.17) is 35.8 Å². The van der Waals surface area contributed by atoms with Crippen molar-refractivity contribution in [3.63, 3.8) is 0 Å². The minimum Gasteiger partial charge on any atom is -0.508 e. The molecular weight excluding hydrogens is 532 g/mol. The number of hydrogen-bond acceptors (Lipinski definition) is 2. The lowest BCUT2D eigenvalue weighted by Crippen LogP contribution is -2.48. The maximum atomic E-state index is 11.3. The minimum absolute atomic E-state index is 0.00967. The maximum absolute atomic E-state index is 11.3. The third kappa shape index (κ3) is 3.80. The Morgan fingerprint density at radius 2 is 1.02 bits per heavy atom. The Kier molecular flexibility index (Phi) is 6.03. The Morgan fingerprint density at radius 3 is 1.68 bits per heavy atom. The van der Waals surface area contributed by atoms with Crippen molar-refractivity contribution in [3.8, 4) is 39.1 Å². The van der Waals surface area contributed by atoms with Crippen LogP contribution in [0, 0.1) is 0 Å². The summed E-state index contributed by atoms with van der Waals surface area (Å²) in [5, 5.41) is 17.2. The van der Waals surface area contributed by atoms with Gasteiger partial charge in [0.1, 0.15) is 48.3 Å². The molecule has 6 heteroatoms. The molecule has 44 heavy (non-hydrogen) atoms. The normalized spacial score (nSPS) is 11.6. The summed E-state index contributed by atoms with van der Waals surface area (Å²) in [6.07, 6.45) is 0. The van der Waals surface area contributed by atoms with Gasteiger partial charge in [0.2, 0.25) is 0 Å². The molecule has 0 aliphatic heterocycles. The van der Waals surface area contributed by atoms with E-state index in [0.717, 1.165) is 71.3 Å². The molecule has 8 aromatic rings. The van der Waals surface area contributed by atoms with Crippen LogP contribution in [0.1, 0.15) is 0 Å². The maximum Gasteiger partial charge on any atom is 0.136 e. The van der Waals surface area contributed by atoms with Gasteiger partial charge in [-0.2, -0.15) is 0 Å². The van der Waals surface area contributed by atoms with E-state index < -0.39 is 0 Å². The number of fused-ring (bicyclic) bond motifs is 5. The van der Waals surface area contributed by atoms with Gasteiger partial charge in [-0.25, -0.2) is 0 Å². The summed E-state index contributed by atoms with van der Waals surface area (Å²) in [6, 6.07) is 39.1. The predicted molar refractivity (Wildman–Crippen MR) is 188 cm³/mol. The van der Waals surface area contributed by atoms with Gasteiger partial charge in [-0.05, 0) is 62.0 Å². The van der Waals surface area contributed by atoms with Crippen LogP contribution in [-0.4, -0.2) is 36.5 Å². The molecule has 0 unspecified atom stereocenters. The van der Waals surface area contributed by atoms with Gasteiger partial charge >= 0.3 is 0 Å². The first-order valence-corrected chi connectivity index (χ1v) is 14.3. The molecule has 0 aliphatic carbocycles. The molecule has 0 saturated heterocycles. The van der Waals surface area contributed by atoms with E-state index in [2.05, 4.69) is 54.6 Å². The summed E-state index contributed by atoms with van der Waals surface area (Å²) in [6.45, 7) is 0. The van der Waals surface area contributed by atoms with E-state index in [1.165, 1.54) is 0 Å². The first-order chi connectivity index (χ1) is 21.4. The molecular formula is C38H20B4O2. The van der Waals surface area contributed by atoms with Gasteiger partial charge in [0.25, 0.3) is 0 Å². The summed E-state index contributed by atoms with van der Waals surface area (Å²) >= 11 is 0. The van der Waals surface area contributed by atoms with E-state index in [1.807, 2.05) is 60.7 Å². The monoisotopic (exact) mass is 552 g/mol. The van der Waals surface area contributed by atoms with Gasteiger partial charge in [0.05, 0.1) is 0 Å². The van der Waals surface area contributed by atoms with Crippen molar-refractivity contribution in [2.75, 3.05) is 0 Å². The summed E-state index contributed by atoms with van der Waals surface area (Å²) < 4.78 is 6.34. The fraction of sp³-hybridized carbons (Fsp3) is 0. The van der Waals surface area contributed by atoms with Crippen LogP contribution >= 0.6 is 0 Å². The number of hydrogen-bond donors (Lipinski definition) is 1. The molecule has 7 aromatic carbocycles. The van der Waals surface area contributed by atoms with E-state index in [-0.39, 0.29) is 27.6 Å². The van der Waals surface area contributed by atoms with E-state index >= 15 is 0 Å². The zero-order chi connectivity index (χ0) is 30.1. The van der Waals surface area contributed by atoms with Gasteiger partial charge < -0.3 is 9.52 Å². The van der Waals surface area contributed by atoms with Gasteiger partial charge in [-0.3, -0.25) is 0 Å². The molecule has 8 rings (SSSR count). The highest BCUT2D eigenvalue weighted by Crippen LogP contribution is 2.46. The summed E-state index contributed by atoms with van der Waals surface area (Å²) in [5.41, 5.74) is 7.55. The Labute approximate surface area is 260 Å². The summed E-state index contributed by atoms with van der Waals surface area (Å²) in [7, 11) is 25.1. The molecule has 0 spiro atoms. The Hall–Kier alpha value is -5.08. The van der Waals surface area contributed by atoms with Crippen LogP contribution in [0.4, 0.5) is 0 Å².